The molecule has 0 radical (unpaired) electrons. The van der Waals surface area contributed by atoms with E-state index in [0.29, 0.717) is 24.8 Å². The van der Waals surface area contributed by atoms with Gasteiger partial charge in [0.15, 0.2) is 0 Å². The van der Waals surface area contributed by atoms with Crippen LogP contribution in [0.5, 0.6) is 0 Å². The molecule has 0 amide bonds. The number of nitrogen functional groups attached to an aromatic ring is 1. The van der Waals surface area contributed by atoms with E-state index < -0.39 is 11.2 Å². The van der Waals surface area contributed by atoms with Gasteiger partial charge in [0.2, 0.25) is 10.2 Å². The third-order valence-electron chi connectivity index (χ3n) is 6.48. The average Bonchev–Trinajstić information content (AvgIpc) is 3.56. The molecule has 2 saturated carbocycles. The predicted octanol–water partition coefficient (Wildman–Crippen LogP) is 3.71. The van der Waals surface area contributed by atoms with Crippen molar-refractivity contribution in [3.05, 3.63) is 24.0 Å². The number of hydrogen-bond acceptors (Lipinski definition) is 8. The number of thiophene rings is 1. The van der Waals surface area contributed by atoms with Gasteiger partial charge in [0.05, 0.1) is 18.9 Å². The van der Waals surface area contributed by atoms with Crippen molar-refractivity contribution >= 4 is 44.4 Å². The zero-order valence-electron chi connectivity index (χ0n) is 17.2. The van der Waals surface area contributed by atoms with Crippen LogP contribution in [0.2, 0.25) is 0 Å². The van der Waals surface area contributed by atoms with Crippen LogP contribution in [0.15, 0.2) is 22.7 Å². The number of pyridine rings is 1. The Bertz CT molecular complexity index is 1110. The van der Waals surface area contributed by atoms with Gasteiger partial charge in [-0.1, -0.05) is 11.3 Å². The maximum absolute atomic E-state index is 13.0. The highest BCUT2D eigenvalue weighted by molar-refractivity contribution is 7.94. The van der Waals surface area contributed by atoms with E-state index in [-0.39, 0.29) is 5.25 Å². The van der Waals surface area contributed by atoms with Crippen LogP contribution < -0.4 is 10.6 Å². The van der Waals surface area contributed by atoms with E-state index in [4.69, 9.17) is 15.5 Å². The minimum atomic E-state index is -1.03. The SMILES string of the molecule is Nc1c([S+]([O-])C2CCC2)sc2nc(-c3cnc(N4CCOCC4)nc3)cc(C3CC3)c12. The number of aromatic nitrogens is 3. The Balaban J connectivity index is 1.38. The molecule has 31 heavy (non-hydrogen) atoms. The van der Waals surface area contributed by atoms with Crippen LogP contribution in [-0.4, -0.2) is 51.1 Å². The smallest absolute Gasteiger partial charge is 0.232 e. The van der Waals surface area contributed by atoms with Crippen molar-refractivity contribution in [1.82, 2.24) is 15.0 Å². The van der Waals surface area contributed by atoms with Crippen LogP contribution in [0.1, 0.15) is 43.6 Å². The van der Waals surface area contributed by atoms with Gasteiger partial charge in [-0.3, -0.25) is 0 Å². The number of anilines is 2. The molecule has 3 aromatic heterocycles. The Morgan fingerprint density at radius 1 is 1.13 bits per heavy atom. The second kappa shape index (κ2) is 7.88. The monoisotopic (exact) mass is 455 g/mol. The molecule has 1 atom stereocenters. The van der Waals surface area contributed by atoms with Gasteiger partial charge in [-0.25, -0.2) is 15.0 Å². The molecule has 3 fully saturated rings. The van der Waals surface area contributed by atoms with Gasteiger partial charge in [-0.2, -0.15) is 0 Å². The highest BCUT2D eigenvalue weighted by Crippen LogP contribution is 2.49. The molecule has 7 nitrogen and oxygen atoms in total. The fourth-order valence-corrected chi connectivity index (χ4v) is 7.48. The van der Waals surface area contributed by atoms with Crippen molar-refractivity contribution in [2.24, 2.45) is 0 Å². The van der Waals surface area contributed by atoms with Crippen molar-refractivity contribution in [2.75, 3.05) is 36.9 Å². The lowest BCUT2D eigenvalue weighted by Gasteiger charge is -2.27. The Morgan fingerprint density at radius 3 is 2.52 bits per heavy atom. The van der Waals surface area contributed by atoms with Crippen LogP contribution in [0, 0.1) is 0 Å². The molecule has 2 aliphatic carbocycles. The minimum Gasteiger partial charge on any atom is -0.611 e. The Morgan fingerprint density at radius 2 is 1.87 bits per heavy atom. The maximum atomic E-state index is 13.0. The number of morpholine rings is 1. The molecule has 3 aromatic rings. The van der Waals surface area contributed by atoms with Gasteiger partial charge in [-0.05, 0) is 49.7 Å². The molecule has 6 rings (SSSR count). The molecule has 1 unspecified atom stereocenters. The normalized spacial score (nSPS) is 20.7. The highest BCUT2D eigenvalue weighted by Gasteiger charge is 2.36. The molecule has 9 heteroatoms. The fraction of sp³-hybridized carbons (Fsp3) is 0.500. The zero-order valence-corrected chi connectivity index (χ0v) is 18.9. The quantitative estimate of drug-likeness (QED) is 0.585. The van der Waals surface area contributed by atoms with Crippen molar-refractivity contribution in [3.8, 4) is 11.3 Å². The lowest BCUT2D eigenvalue weighted by molar-refractivity contribution is 0.122. The number of rotatable bonds is 5. The number of nitrogens with zero attached hydrogens (tertiary/aromatic N) is 4. The first-order valence-corrected chi connectivity index (χ1v) is 13.0. The van der Waals surface area contributed by atoms with Crippen LogP contribution in [-0.2, 0) is 15.9 Å². The lowest BCUT2D eigenvalue weighted by atomic mass is 10.00. The first-order valence-electron chi connectivity index (χ1n) is 11.0. The minimum absolute atomic E-state index is 0.250. The number of fused-ring (bicyclic) bond motifs is 1. The van der Waals surface area contributed by atoms with Gasteiger partial charge < -0.3 is 19.9 Å². The summed E-state index contributed by atoms with van der Waals surface area (Å²) < 4.78 is 19.3. The Labute approximate surface area is 188 Å². The second-order valence-electron chi connectivity index (χ2n) is 8.58. The van der Waals surface area contributed by atoms with Crippen LogP contribution in [0.4, 0.5) is 11.6 Å². The molecule has 3 aliphatic rings. The molecule has 4 heterocycles. The van der Waals surface area contributed by atoms with E-state index >= 15 is 0 Å². The summed E-state index contributed by atoms with van der Waals surface area (Å²) in [6, 6.07) is 2.15. The second-order valence-corrected chi connectivity index (χ2v) is 11.5. The van der Waals surface area contributed by atoms with E-state index in [1.807, 2.05) is 12.4 Å². The zero-order chi connectivity index (χ0) is 20.9. The van der Waals surface area contributed by atoms with Gasteiger partial charge in [0.1, 0.15) is 15.8 Å². The molecule has 162 valence electrons. The Kier molecular flexibility index (Phi) is 5.01. The third-order valence-corrected chi connectivity index (χ3v) is 9.78. The van der Waals surface area contributed by atoms with Crippen molar-refractivity contribution < 1.29 is 9.29 Å². The summed E-state index contributed by atoms with van der Waals surface area (Å²) in [4.78, 5) is 17.1. The van der Waals surface area contributed by atoms with Crippen LogP contribution in [0.25, 0.3) is 21.5 Å². The third kappa shape index (κ3) is 3.57. The molecule has 1 aliphatic heterocycles. The number of nitrogens with two attached hydrogens (primary N) is 1. The topological polar surface area (TPSA) is 100 Å². The molecule has 0 aromatic carbocycles. The molecular weight excluding hydrogens is 430 g/mol. The summed E-state index contributed by atoms with van der Waals surface area (Å²) in [6.45, 7) is 3.03. The van der Waals surface area contributed by atoms with E-state index in [0.717, 1.165) is 64.0 Å². The largest absolute Gasteiger partial charge is 0.611 e. The summed E-state index contributed by atoms with van der Waals surface area (Å²) in [5.74, 6) is 1.24. The molecule has 0 spiro atoms. The summed E-state index contributed by atoms with van der Waals surface area (Å²) in [5, 5.41) is 1.27. The van der Waals surface area contributed by atoms with Crippen molar-refractivity contribution in [2.45, 2.75) is 47.5 Å². The summed E-state index contributed by atoms with van der Waals surface area (Å²) in [6.07, 6.45) is 9.27. The molecule has 1 saturated heterocycles. The van der Waals surface area contributed by atoms with Gasteiger partial charge in [-0.15, -0.1) is 0 Å². The standard InChI is InChI=1S/C22H25N5O2S2/c23-19-18-16(13-4-5-13)10-17(26-20(18)30-21(19)31(28)15-2-1-3-15)14-11-24-22(25-12-14)27-6-8-29-9-7-27/h10-13,15H,1-9,23H2. The van der Waals surface area contributed by atoms with Crippen LogP contribution in [0.3, 0.4) is 0 Å². The van der Waals surface area contributed by atoms with E-state index in [1.54, 1.807) is 0 Å². The average molecular weight is 456 g/mol. The number of ether oxygens (including phenoxy) is 1. The van der Waals surface area contributed by atoms with Gasteiger partial charge >= 0.3 is 0 Å². The van der Waals surface area contributed by atoms with Gasteiger partial charge in [0.25, 0.3) is 0 Å². The van der Waals surface area contributed by atoms with E-state index in [2.05, 4.69) is 20.9 Å². The van der Waals surface area contributed by atoms with Crippen molar-refractivity contribution in [3.63, 3.8) is 0 Å². The summed E-state index contributed by atoms with van der Waals surface area (Å²) in [7, 11) is 0. The molecule has 0 bridgehead atoms. The number of hydrogen-bond donors (Lipinski definition) is 1. The van der Waals surface area contributed by atoms with E-state index in [1.165, 1.54) is 29.7 Å². The first-order chi connectivity index (χ1) is 15.2. The Hall–Kier alpha value is -1.94. The highest BCUT2D eigenvalue weighted by atomic mass is 32.2. The van der Waals surface area contributed by atoms with Crippen molar-refractivity contribution in [1.29, 1.82) is 0 Å². The summed E-state index contributed by atoms with van der Waals surface area (Å²) >= 11 is 0.474. The lowest BCUT2D eigenvalue weighted by Crippen LogP contribution is -2.37. The van der Waals surface area contributed by atoms with Crippen LogP contribution >= 0.6 is 11.3 Å². The summed E-state index contributed by atoms with van der Waals surface area (Å²) in [5.41, 5.74) is 10.2. The molecule has 2 N–H and O–H groups in total. The predicted molar refractivity (Wildman–Crippen MR) is 124 cm³/mol. The van der Waals surface area contributed by atoms with E-state index in [9.17, 15) is 4.55 Å². The fourth-order valence-electron chi connectivity index (χ4n) is 4.26. The maximum Gasteiger partial charge on any atom is 0.232 e. The first kappa shape index (κ1) is 19.7. The van der Waals surface area contributed by atoms with Gasteiger partial charge in [0, 0.05) is 47.6 Å². The molecular formula is C22H25N5O2S2.